The van der Waals surface area contributed by atoms with Crippen LogP contribution in [0.3, 0.4) is 0 Å². The summed E-state index contributed by atoms with van der Waals surface area (Å²) in [5.41, 5.74) is 4.60. The van der Waals surface area contributed by atoms with Gasteiger partial charge in [-0.05, 0) is 38.1 Å². The summed E-state index contributed by atoms with van der Waals surface area (Å²) >= 11 is 0. The van der Waals surface area contributed by atoms with Crippen molar-refractivity contribution in [3.05, 3.63) is 0 Å². The molecule has 0 aromatic rings. The molecule has 1 unspecified atom stereocenters. The van der Waals surface area contributed by atoms with E-state index in [2.05, 4.69) is 12.2 Å². The largest absolute Gasteiger partial charge is 0.481 e. The maximum Gasteiger partial charge on any atom is 0.311 e. The van der Waals surface area contributed by atoms with Crippen molar-refractivity contribution in [2.24, 2.45) is 17.1 Å². The Bertz CT molecular complexity index is 327. The smallest absolute Gasteiger partial charge is 0.311 e. The van der Waals surface area contributed by atoms with E-state index in [1.165, 1.54) is 0 Å². The fourth-order valence-corrected chi connectivity index (χ4v) is 2.39. The Hall–Kier alpha value is -1.14. The van der Waals surface area contributed by atoms with E-state index in [0.29, 0.717) is 44.9 Å². The first-order valence-corrected chi connectivity index (χ1v) is 7.28. The molecular formula is C14H26N2O4. The highest BCUT2D eigenvalue weighted by Gasteiger charge is 2.40. The van der Waals surface area contributed by atoms with Crippen LogP contribution in [-0.2, 0) is 14.3 Å². The van der Waals surface area contributed by atoms with Gasteiger partial charge in [0.05, 0.1) is 5.41 Å². The molecule has 6 nitrogen and oxygen atoms in total. The summed E-state index contributed by atoms with van der Waals surface area (Å²) in [7, 11) is 0. The molecule has 4 N–H and O–H groups in total. The Morgan fingerprint density at radius 1 is 1.35 bits per heavy atom. The summed E-state index contributed by atoms with van der Waals surface area (Å²) in [4.78, 5) is 23.2. The number of ether oxygens (including phenoxy) is 1. The van der Waals surface area contributed by atoms with Crippen LogP contribution in [0, 0.1) is 11.3 Å². The van der Waals surface area contributed by atoms with Gasteiger partial charge in [0.1, 0.15) is 0 Å². The molecule has 0 aliphatic carbocycles. The lowest BCUT2D eigenvalue weighted by atomic mass is 9.80. The minimum atomic E-state index is -0.864. The standard InChI is InChI=1S/C14H26N2O4/c1-11(4-7-15)2-3-12(17)16-10-14(13(18)19)5-8-20-9-6-14/h11H,2-10,15H2,1H3,(H,16,17)(H,18,19). The molecule has 0 saturated carbocycles. The summed E-state index contributed by atoms with van der Waals surface area (Å²) in [6.45, 7) is 3.77. The zero-order valence-electron chi connectivity index (χ0n) is 12.2. The molecule has 1 rings (SSSR count). The number of carbonyl (C=O) groups excluding carboxylic acids is 1. The van der Waals surface area contributed by atoms with E-state index >= 15 is 0 Å². The van der Waals surface area contributed by atoms with E-state index in [4.69, 9.17) is 10.5 Å². The van der Waals surface area contributed by atoms with Crippen molar-refractivity contribution in [2.75, 3.05) is 26.3 Å². The average molecular weight is 286 g/mol. The van der Waals surface area contributed by atoms with Crippen LogP contribution in [0.1, 0.15) is 39.0 Å². The van der Waals surface area contributed by atoms with Crippen LogP contribution in [-0.4, -0.2) is 43.3 Å². The normalized spacial score (nSPS) is 19.3. The van der Waals surface area contributed by atoms with Crippen molar-refractivity contribution in [1.82, 2.24) is 5.32 Å². The summed E-state index contributed by atoms with van der Waals surface area (Å²) in [6.07, 6.45) is 3.02. The lowest BCUT2D eigenvalue weighted by Crippen LogP contribution is -2.46. The highest BCUT2D eigenvalue weighted by Crippen LogP contribution is 2.30. The topological polar surface area (TPSA) is 102 Å². The molecule has 0 aromatic heterocycles. The Balaban J connectivity index is 2.36. The Labute approximate surface area is 120 Å². The molecule has 0 spiro atoms. The minimum Gasteiger partial charge on any atom is -0.481 e. The third-order valence-electron chi connectivity index (χ3n) is 4.05. The summed E-state index contributed by atoms with van der Waals surface area (Å²) in [5.74, 6) is -0.513. The number of hydrogen-bond donors (Lipinski definition) is 3. The minimum absolute atomic E-state index is 0.0824. The van der Waals surface area contributed by atoms with Crippen LogP contribution in [0.5, 0.6) is 0 Å². The molecule has 1 amide bonds. The third-order valence-corrected chi connectivity index (χ3v) is 4.05. The van der Waals surface area contributed by atoms with Crippen molar-refractivity contribution < 1.29 is 19.4 Å². The zero-order chi connectivity index (χ0) is 15.0. The van der Waals surface area contributed by atoms with Gasteiger partial charge in [-0.25, -0.2) is 0 Å². The molecule has 1 saturated heterocycles. The van der Waals surface area contributed by atoms with E-state index in [-0.39, 0.29) is 12.5 Å². The van der Waals surface area contributed by atoms with Crippen LogP contribution in [0.25, 0.3) is 0 Å². The number of carbonyl (C=O) groups is 2. The number of hydrogen-bond acceptors (Lipinski definition) is 4. The van der Waals surface area contributed by atoms with Gasteiger partial charge in [0.25, 0.3) is 0 Å². The SMILES string of the molecule is CC(CCN)CCC(=O)NCC1(C(=O)O)CCOCC1. The van der Waals surface area contributed by atoms with Crippen molar-refractivity contribution in [1.29, 1.82) is 0 Å². The van der Waals surface area contributed by atoms with Crippen molar-refractivity contribution >= 4 is 11.9 Å². The molecule has 116 valence electrons. The Kier molecular flexibility index (Phi) is 6.95. The Morgan fingerprint density at radius 3 is 2.55 bits per heavy atom. The van der Waals surface area contributed by atoms with Crippen LogP contribution in [0.15, 0.2) is 0 Å². The number of aliphatic carboxylic acids is 1. The molecule has 20 heavy (non-hydrogen) atoms. The second kappa shape index (κ2) is 8.21. The van der Waals surface area contributed by atoms with E-state index in [0.717, 1.165) is 12.8 Å². The van der Waals surface area contributed by atoms with E-state index in [9.17, 15) is 14.7 Å². The van der Waals surface area contributed by atoms with E-state index in [1.54, 1.807) is 0 Å². The molecule has 0 radical (unpaired) electrons. The average Bonchev–Trinajstić information content (AvgIpc) is 2.44. The summed E-state index contributed by atoms with van der Waals surface area (Å²) < 4.78 is 5.20. The van der Waals surface area contributed by atoms with Crippen LogP contribution in [0.4, 0.5) is 0 Å². The maximum absolute atomic E-state index is 11.8. The molecule has 1 aliphatic heterocycles. The lowest BCUT2D eigenvalue weighted by Gasteiger charge is -2.33. The first-order chi connectivity index (χ1) is 9.50. The first kappa shape index (κ1) is 16.9. The highest BCUT2D eigenvalue weighted by molar-refractivity contribution is 5.79. The molecule has 1 aliphatic rings. The van der Waals surface area contributed by atoms with Gasteiger partial charge in [0, 0.05) is 26.2 Å². The quantitative estimate of drug-likeness (QED) is 0.611. The van der Waals surface area contributed by atoms with Crippen LogP contribution < -0.4 is 11.1 Å². The third kappa shape index (κ3) is 5.09. The second-order valence-electron chi connectivity index (χ2n) is 5.70. The number of carboxylic acids is 1. The van der Waals surface area contributed by atoms with E-state index < -0.39 is 11.4 Å². The van der Waals surface area contributed by atoms with Crippen LogP contribution in [0.2, 0.25) is 0 Å². The molecule has 1 heterocycles. The van der Waals surface area contributed by atoms with Gasteiger partial charge in [-0.3, -0.25) is 9.59 Å². The predicted molar refractivity (Wildman–Crippen MR) is 75.2 cm³/mol. The zero-order valence-corrected chi connectivity index (χ0v) is 12.2. The number of nitrogens with one attached hydrogen (secondary N) is 1. The number of rotatable bonds is 8. The van der Waals surface area contributed by atoms with E-state index in [1.807, 2.05) is 0 Å². The fraction of sp³-hybridized carbons (Fsp3) is 0.857. The second-order valence-corrected chi connectivity index (χ2v) is 5.70. The summed E-state index contributed by atoms with van der Waals surface area (Å²) in [6, 6.07) is 0. The highest BCUT2D eigenvalue weighted by atomic mass is 16.5. The monoisotopic (exact) mass is 286 g/mol. The maximum atomic E-state index is 11.8. The predicted octanol–water partition coefficient (Wildman–Crippen LogP) is 0.749. The molecule has 1 fully saturated rings. The number of carboxylic acid groups (broad SMARTS) is 1. The summed E-state index contributed by atoms with van der Waals surface area (Å²) in [5, 5.41) is 12.1. The van der Waals surface area contributed by atoms with Gasteiger partial charge in [-0.2, -0.15) is 0 Å². The van der Waals surface area contributed by atoms with Gasteiger partial charge < -0.3 is 20.9 Å². The number of amides is 1. The van der Waals surface area contributed by atoms with Crippen molar-refractivity contribution in [3.8, 4) is 0 Å². The molecule has 0 bridgehead atoms. The Morgan fingerprint density at radius 2 is 2.00 bits per heavy atom. The van der Waals surface area contributed by atoms with Crippen molar-refractivity contribution in [3.63, 3.8) is 0 Å². The van der Waals surface area contributed by atoms with Gasteiger partial charge in [-0.1, -0.05) is 6.92 Å². The molecule has 0 aromatic carbocycles. The molecular weight excluding hydrogens is 260 g/mol. The molecule has 1 atom stereocenters. The number of nitrogens with two attached hydrogens (primary N) is 1. The lowest BCUT2D eigenvalue weighted by molar-refractivity contribution is -0.154. The van der Waals surface area contributed by atoms with Gasteiger partial charge >= 0.3 is 5.97 Å². The molecule has 6 heteroatoms. The van der Waals surface area contributed by atoms with Crippen molar-refractivity contribution in [2.45, 2.75) is 39.0 Å². The van der Waals surface area contributed by atoms with Gasteiger partial charge in [0.15, 0.2) is 0 Å². The first-order valence-electron chi connectivity index (χ1n) is 7.28. The van der Waals surface area contributed by atoms with Crippen LogP contribution >= 0.6 is 0 Å². The fourth-order valence-electron chi connectivity index (χ4n) is 2.39. The van der Waals surface area contributed by atoms with Gasteiger partial charge in [0.2, 0.25) is 5.91 Å². The van der Waals surface area contributed by atoms with Gasteiger partial charge in [-0.15, -0.1) is 0 Å².